The van der Waals surface area contributed by atoms with Gasteiger partial charge in [0.25, 0.3) is 0 Å². The van der Waals surface area contributed by atoms with Crippen LogP contribution < -0.4 is 0 Å². The van der Waals surface area contributed by atoms with Crippen LogP contribution in [0.5, 0.6) is 0 Å². The van der Waals surface area contributed by atoms with Crippen LogP contribution in [-0.2, 0) is 4.79 Å². The number of aliphatic carboxylic acids is 1. The molecule has 0 saturated carbocycles. The summed E-state index contributed by atoms with van der Waals surface area (Å²) in [4.78, 5) is 10.6. The Balaban J connectivity index is 2.95. The zero-order chi connectivity index (χ0) is 9.14. The van der Waals surface area contributed by atoms with Gasteiger partial charge in [0.05, 0.1) is 5.92 Å². The summed E-state index contributed by atoms with van der Waals surface area (Å²) < 4.78 is 1.07. The van der Waals surface area contributed by atoms with E-state index in [-0.39, 0.29) is 0 Å². The minimum atomic E-state index is -0.781. The second-order valence-corrected chi connectivity index (χ2v) is 3.86. The first kappa shape index (κ1) is 9.51. The fourth-order valence-corrected chi connectivity index (χ4v) is 1.49. The highest BCUT2D eigenvalue weighted by molar-refractivity contribution is 14.1. The Bertz CT molecular complexity index is 296. The third kappa shape index (κ3) is 2.20. The van der Waals surface area contributed by atoms with Crippen molar-refractivity contribution in [3.63, 3.8) is 0 Å². The molecule has 0 aliphatic heterocycles. The van der Waals surface area contributed by atoms with Crippen LogP contribution in [0.25, 0.3) is 0 Å². The molecule has 1 unspecified atom stereocenters. The molecule has 0 aliphatic rings. The van der Waals surface area contributed by atoms with Crippen LogP contribution in [0.15, 0.2) is 24.3 Å². The summed E-state index contributed by atoms with van der Waals surface area (Å²) in [7, 11) is 0. The summed E-state index contributed by atoms with van der Waals surface area (Å²) in [6.45, 7) is 1.69. The summed E-state index contributed by atoms with van der Waals surface area (Å²) in [5, 5.41) is 8.72. The van der Waals surface area contributed by atoms with Crippen molar-refractivity contribution in [2.24, 2.45) is 0 Å². The van der Waals surface area contributed by atoms with Gasteiger partial charge >= 0.3 is 5.97 Å². The molecule has 64 valence electrons. The first-order valence-corrected chi connectivity index (χ1v) is 4.67. The molecule has 3 heteroatoms. The lowest BCUT2D eigenvalue weighted by molar-refractivity contribution is -0.138. The Morgan fingerprint density at radius 1 is 1.58 bits per heavy atom. The maximum atomic E-state index is 10.6. The van der Waals surface area contributed by atoms with E-state index in [1.807, 2.05) is 24.3 Å². The zero-order valence-electron chi connectivity index (χ0n) is 6.62. The Hall–Kier alpha value is -0.580. The maximum absolute atomic E-state index is 10.6. The number of hydrogen-bond acceptors (Lipinski definition) is 1. The van der Waals surface area contributed by atoms with Crippen LogP contribution in [0, 0.1) is 3.57 Å². The number of halogens is 1. The predicted molar refractivity (Wildman–Crippen MR) is 55.2 cm³/mol. The molecule has 1 aromatic rings. The maximum Gasteiger partial charge on any atom is 0.310 e. The third-order valence-electron chi connectivity index (χ3n) is 1.72. The van der Waals surface area contributed by atoms with Gasteiger partial charge in [0.15, 0.2) is 0 Å². The van der Waals surface area contributed by atoms with Gasteiger partial charge in [-0.3, -0.25) is 4.79 Å². The molecule has 0 saturated heterocycles. The van der Waals surface area contributed by atoms with E-state index in [0.717, 1.165) is 9.13 Å². The van der Waals surface area contributed by atoms with Crippen molar-refractivity contribution in [1.29, 1.82) is 0 Å². The topological polar surface area (TPSA) is 37.3 Å². The van der Waals surface area contributed by atoms with E-state index in [2.05, 4.69) is 22.6 Å². The van der Waals surface area contributed by atoms with E-state index in [1.54, 1.807) is 6.92 Å². The summed E-state index contributed by atoms with van der Waals surface area (Å²) in [5.74, 6) is -1.20. The number of carboxylic acid groups (broad SMARTS) is 1. The normalized spacial score (nSPS) is 12.5. The Morgan fingerprint density at radius 3 is 2.75 bits per heavy atom. The first-order valence-electron chi connectivity index (χ1n) is 3.59. The summed E-state index contributed by atoms with van der Waals surface area (Å²) in [5.41, 5.74) is 0.856. The average molecular weight is 276 g/mol. The van der Waals surface area contributed by atoms with Gasteiger partial charge in [0.1, 0.15) is 0 Å². The molecule has 0 spiro atoms. The van der Waals surface area contributed by atoms with Gasteiger partial charge in [-0.2, -0.15) is 0 Å². The van der Waals surface area contributed by atoms with Gasteiger partial charge in [-0.05, 0) is 47.2 Å². The van der Waals surface area contributed by atoms with E-state index in [9.17, 15) is 4.79 Å². The predicted octanol–water partition coefficient (Wildman–Crippen LogP) is 2.48. The van der Waals surface area contributed by atoms with Crippen LogP contribution in [0.4, 0.5) is 0 Å². The zero-order valence-corrected chi connectivity index (χ0v) is 8.78. The largest absolute Gasteiger partial charge is 0.481 e. The standard InChI is InChI=1S/C9H9IO2/c1-6(9(11)12)7-3-2-4-8(10)5-7/h2-6H,1H3,(H,11,12). The van der Waals surface area contributed by atoms with Crippen LogP contribution >= 0.6 is 22.6 Å². The second-order valence-electron chi connectivity index (χ2n) is 2.61. The number of rotatable bonds is 2. The van der Waals surface area contributed by atoms with Crippen molar-refractivity contribution >= 4 is 28.6 Å². The van der Waals surface area contributed by atoms with E-state index in [1.165, 1.54) is 0 Å². The molecule has 1 rings (SSSR count). The monoisotopic (exact) mass is 276 g/mol. The van der Waals surface area contributed by atoms with Crippen LogP contribution in [0.3, 0.4) is 0 Å². The van der Waals surface area contributed by atoms with E-state index >= 15 is 0 Å². The summed E-state index contributed by atoms with van der Waals surface area (Å²) >= 11 is 2.17. The lowest BCUT2D eigenvalue weighted by Gasteiger charge is -2.05. The molecule has 0 aliphatic carbocycles. The second kappa shape index (κ2) is 3.89. The molecule has 1 aromatic carbocycles. The minimum absolute atomic E-state index is 0.417. The third-order valence-corrected chi connectivity index (χ3v) is 2.39. The van der Waals surface area contributed by atoms with Crippen molar-refractivity contribution in [3.05, 3.63) is 33.4 Å². The van der Waals surface area contributed by atoms with Crippen LogP contribution in [-0.4, -0.2) is 11.1 Å². The van der Waals surface area contributed by atoms with E-state index < -0.39 is 11.9 Å². The lowest BCUT2D eigenvalue weighted by atomic mass is 10.0. The molecule has 0 radical (unpaired) electrons. The van der Waals surface area contributed by atoms with Gasteiger partial charge in [0.2, 0.25) is 0 Å². The molecular formula is C9H9IO2. The van der Waals surface area contributed by atoms with Crippen molar-refractivity contribution in [2.75, 3.05) is 0 Å². The molecule has 0 amide bonds. The molecule has 0 heterocycles. The van der Waals surface area contributed by atoms with Crippen molar-refractivity contribution < 1.29 is 9.90 Å². The quantitative estimate of drug-likeness (QED) is 0.842. The molecule has 2 nitrogen and oxygen atoms in total. The summed E-state index contributed by atoms with van der Waals surface area (Å²) in [6, 6.07) is 7.54. The molecule has 0 aromatic heterocycles. The van der Waals surface area contributed by atoms with Crippen LogP contribution in [0.2, 0.25) is 0 Å². The summed E-state index contributed by atoms with van der Waals surface area (Å²) in [6.07, 6.45) is 0. The molecule has 1 atom stereocenters. The number of hydrogen-bond donors (Lipinski definition) is 1. The lowest BCUT2D eigenvalue weighted by Crippen LogP contribution is -2.07. The SMILES string of the molecule is CC(C(=O)O)c1cccc(I)c1. The Morgan fingerprint density at radius 2 is 2.25 bits per heavy atom. The molecule has 0 fully saturated rings. The highest BCUT2D eigenvalue weighted by Gasteiger charge is 2.12. The Kier molecular flexibility index (Phi) is 3.08. The molecular weight excluding hydrogens is 267 g/mol. The van der Waals surface area contributed by atoms with Gasteiger partial charge in [0, 0.05) is 3.57 Å². The fraction of sp³-hybridized carbons (Fsp3) is 0.222. The number of carboxylic acids is 1. The van der Waals surface area contributed by atoms with Crippen molar-refractivity contribution in [3.8, 4) is 0 Å². The van der Waals surface area contributed by atoms with Gasteiger partial charge < -0.3 is 5.11 Å². The highest BCUT2D eigenvalue weighted by atomic mass is 127. The van der Waals surface area contributed by atoms with Crippen LogP contribution in [0.1, 0.15) is 18.4 Å². The number of carbonyl (C=O) groups is 1. The smallest absolute Gasteiger partial charge is 0.310 e. The molecule has 0 bridgehead atoms. The molecule has 12 heavy (non-hydrogen) atoms. The average Bonchev–Trinajstić information content (AvgIpc) is 2.03. The van der Waals surface area contributed by atoms with E-state index in [0.29, 0.717) is 0 Å². The van der Waals surface area contributed by atoms with E-state index in [4.69, 9.17) is 5.11 Å². The number of benzene rings is 1. The Labute approximate surface area is 84.7 Å². The minimum Gasteiger partial charge on any atom is -0.481 e. The van der Waals surface area contributed by atoms with Gasteiger partial charge in [-0.25, -0.2) is 0 Å². The first-order chi connectivity index (χ1) is 5.61. The van der Waals surface area contributed by atoms with Gasteiger partial charge in [-0.1, -0.05) is 12.1 Å². The van der Waals surface area contributed by atoms with Crippen molar-refractivity contribution in [2.45, 2.75) is 12.8 Å². The molecule has 1 N–H and O–H groups in total. The fourth-order valence-electron chi connectivity index (χ4n) is 0.919. The van der Waals surface area contributed by atoms with Gasteiger partial charge in [-0.15, -0.1) is 0 Å². The van der Waals surface area contributed by atoms with Crippen molar-refractivity contribution in [1.82, 2.24) is 0 Å². The highest BCUT2D eigenvalue weighted by Crippen LogP contribution is 2.17.